The fourth-order valence-electron chi connectivity index (χ4n) is 3.45. The maximum absolute atomic E-state index is 12.8. The third-order valence-electron chi connectivity index (χ3n) is 5.35. The van der Waals surface area contributed by atoms with Crippen LogP contribution < -0.4 is 4.74 Å². The molecule has 1 aromatic carbocycles. The standard InChI is InChI=1S/C19H30N4O4S/c1-16-4-6-18(7-5-16)27-17(2)19(24)21-10-14-23(15-11-21)28(25,26)22-12-8-20(3)9-13-22/h4-7,17H,8-15H2,1-3H3. The minimum absolute atomic E-state index is 0.114. The summed E-state index contributed by atoms with van der Waals surface area (Å²) in [5, 5.41) is 0. The number of hydrogen-bond donors (Lipinski definition) is 0. The van der Waals surface area contributed by atoms with E-state index in [-0.39, 0.29) is 5.91 Å². The summed E-state index contributed by atoms with van der Waals surface area (Å²) in [5.41, 5.74) is 1.13. The number of rotatable bonds is 5. The molecule has 2 heterocycles. The van der Waals surface area contributed by atoms with Crippen molar-refractivity contribution in [3.8, 4) is 5.75 Å². The van der Waals surface area contributed by atoms with Gasteiger partial charge in [-0.15, -0.1) is 0 Å². The Morgan fingerprint density at radius 2 is 1.43 bits per heavy atom. The SMILES string of the molecule is Cc1ccc(OC(C)C(=O)N2CCN(S(=O)(=O)N3CCN(C)CC3)CC2)cc1. The van der Waals surface area contributed by atoms with E-state index in [0.717, 1.165) is 18.7 Å². The monoisotopic (exact) mass is 410 g/mol. The van der Waals surface area contributed by atoms with E-state index < -0.39 is 16.3 Å². The average Bonchev–Trinajstić information content (AvgIpc) is 2.69. The highest BCUT2D eigenvalue weighted by Gasteiger charge is 2.35. The molecule has 0 aromatic heterocycles. The molecule has 8 nitrogen and oxygen atoms in total. The van der Waals surface area contributed by atoms with E-state index in [9.17, 15) is 13.2 Å². The van der Waals surface area contributed by atoms with Gasteiger partial charge < -0.3 is 14.5 Å². The van der Waals surface area contributed by atoms with E-state index in [1.807, 2.05) is 38.2 Å². The Morgan fingerprint density at radius 1 is 0.929 bits per heavy atom. The number of nitrogens with zero attached hydrogens (tertiary/aromatic N) is 4. The van der Waals surface area contributed by atoms with Gasteiger partial charge in [-0.1, -0.05) is 17.7 Å². The van der Waals surface area contributed by atoms with E-state index in [4.69, 9.17) is 4.74 Å². The van der Waals surface area contributed by atoms with E-state index >= 15 is 0 Å². The van der Waals surface area contributed by atoms with Crippen LogP contribution in [0.1, 0.15) is 12.5 Å². The van der Waals surface area contributed by atoms with Gasteiger partial charge in [0.05, 0.1) is 0 Å². The van der Waals surface area contributed by atoms with Crippen LogP contribution in [-0.4, -0.2) is 98.2 Å². The minimum Gasteiger partial charge on any atom is -0.481 e. The lowest BCUT2D eigenvalue weighted by molar-refractivity contribution is -0.139. The molecule has 1 atom stereocenters. The van der Waals surface area contributed by atoms with Gasteiger partial charge in [-0.25, -0.2) is 0 Å². The number of likely N-dealkylation sites (N-methyl/N-ethyl adjacent to an activating group) is 1. The molecule has 1 aromatic rings. The summed E-state index contributed by atoms with van der Waals surface area (Å²) in [6.07, 6.45) is -0.608. The van der Waals surface area contributed by atoms with Crippen molar-refractivity contribution in [1.82, 2.24) is 18.4 Å². The lowest BCUT2D eigenvalue weighted by Crippen LogP contribution is -2.58. The van der Waals surface area contributed by atoms with Crippen molar-refractivity contribution in [2.45, 2.75) is 20.0 Å². The highest BCUT2D eigenvalue weighted by atomic mass is 32.2. The zero-order chi connectivity index (χ0) is 20.3. The van der Waals surface area contributed by atoms with Crippen molar-refractivity contribution >= 4 is 16.1 Å². The Hall–Kier alpha value is -1.68. The second-order valence-electron chi connectivity index (χ2n) is 7.51. The molecule has 156 valence electrons. The fourth-order valence-corrected chi connectivity index (χ4v) is 5.03. The van der Waals surface area contributed by atoms with Gasteiger partial charge in [-0.05, 0) is 33.0 Å². The van der Waals surface area contributed by atoms with Gasteiger partial charge in [0.15, 0.2) is 6.10 Å². The number of hydrogen-bond acceptors (Lipinski definition) is 5. The maximum Gasteiger partial charge on any atom is 0.282 e. The molecule has 28 heavy (non-hydrogen) atoms. The van der Waals surface area contributed by atoms with Crippen molar-refractivity contribution < 1.29 is 17.9 Å². The highest BCUT2D eigenvalue weighted by molar-refractivity contribution is 7.86. The van der Waals surface area contributed by atoms with Gasteiger partial charge >= 0.3 is 0 Å². The Balaban J connectivity index is 1.52. The number of benzene rings is 1. The predicted octanol–water partition coefficient (Wildman–Crippen LogP) is 0.399. The first-order valence-electron chi connectivity index (χ1n) is 9.73. The Bertz CT molecular complexity index is 768. The second kappa shape index (κ2) is 8.77. The molecule has 0 bridgehead atoms. The fraction of sp³-hybridized carbons (Fsp3) is 0.632. The number of aryl methyl sites for hydroxylation is 1. The van der Waals surface area contributed by atoms with Crippen LogP contribution in [-0.2, 0) is 15.0 Å². The first-order valence-corrected chi connectivity index (χ1v) is 11.1. The van der Waals surface area contributed by atoms with Crippen LogP contribution >= 0.6 is 0 Å². The molecule has 2 saturated heterocycles. The second-order valence-corrected chi connectivity index (χ2v) is 9.44. The van der Waals surface area contributed by atoms with Crippen LogP contribution in [0.4, 0.5) is 0 Å². The molecule has 0 spiro atoms. The average molecular weight is 411 g/mol. The van der Waals surface area contributed by atoms with Crippen LogP contribution in [0.3, 0.4) is 0 Å². The molecule has 2 aliphatic rings. The first kappa shape index (κ1) is 21.0. The van der Waals surface area contributed by atoms with Gasteiger partial charge in [0.1, 0.15) is 5.75 Å². The molecule has 1 amide bonds. The van der Waals surface area contributed by atoms with Gasteiger partial charge in [0, 0.05) is 52.4 Å². The molecule has 9 heteroatoms. The van der Waals surface area contributed by atoms with Crippen molar-refractivity contribution in [3.63, 3.8) is 0 Å². The number of piperazine rings is 2. The summed E-state index contributed by atoms with van der Waals surface area (Å²) in [6.45, 7) is 7.63. The normalized spacial score (nSPS) is 21.5. The zero-order valence-electron chi connectivity index (χ0n) is 16.9. The topological polar surface area (TPSA) is 73.4 Å². The summed E-state index contributed by atoms with van der Waals surface area (Å²) in [6, 6.07) is 7.57. The van der Waals surface area contributed by atoms with Crippen LogP contribution in [0.25, 0.3) is 0 Å². The molecule has 0 N–H and O–H groups in total. The highest BCUT2D eigenvalue weighted by Crippen LogP contribution is 2.17. The van der Waals surface area contributed by atoms with Crippen molar-refractivity contribution in [2.24, 2.45) is 0 Å². The van der Waals surface area contributed by atoms with Crippen LogP contribution in [0, 0.1) is 6.92 Å². The Morgan fingerprint density at radius 3 is 1.96 bits per heavy atom. The predicted molar refractivity (Wildman–Crippen MR) is 107 cm³/mol. The molecule has 3 rings (SSSR count). The van der Waals surface area contributed by atoms with Gasteiger partial charge in [-0.2, -0.15) is 17.0 Å². The summed E-state index contributed by atoms with van der Waals surface area (Å²) < 4.78 is 34.5. The molecule has 0 aliphatic carbocycles. The van der Waals surface area contributed by atoms with Crippen LogP contribution in [0.2, 0.25) is 0 Å². The number of carbonyl (C=O) groups excluding carboxylic acids is 1. The third kappa shape index (κ3) is 4.83. The summed E-state index contributed by atoms with van der Waals surface area (Å²) in [7, 11) is -1.47. The van der Waals surface area contributed by atoms with E-state index in [0.29, 0.717) is 45.0 Å². The summed E-state index contributed by atoms with van der Waals surface area (Å²) in [4.78, 5) is 16.5. The molecular formula is C19H30N4O4S. The molecule has 0 saturated carbocycles. The van der Waals surface area contributed by atoms with Gasteiger partial charge in [0.25, 0.3) is 16.1 Å². The van der Waals surface area contributed by atoms with E-state index in [1.165, 1.54) is 4.31 Å². The van der Waals surface area contributed by atoms with Crippen molar-refractivity contribution in [1.29, 1.82) is 0 Å². The van der Waals surface area contributed by atoms with Gasteiger partial charge in [-0.3, -0.25) is 4.79 Å². The Kier molecular flexibility index (Phi) is 6.59. The molecule has 2 fully saturated rings. The van der Waals surface area contributed by atoms with Crippen LogP contribution in [0.5, 0.6) is 5.75 Å². The molecule has 0 radical (unpaired) electrons. The van der Waals surface area contributed by atoms with E-state index in [1.54, 1.807) is 16.1 Å². The smallest absolute Gasteiger partial charge is 0.282 e. The van der Waals surface area contributed by atoms with Crippen molar-refractivity contribution in [3.05, 3.63) is 29.8 Å². The minimum atomic E-state index is -3.46. The summed E-state index contributed by atoms with van der Waals surface area (Å²) in [5.74, 6) is 0.542. The summed E-state index contributed by atoms with van der Waals surface area (Å²) >= 11 is 0. The van der Waals surface area contributed by atoms with E-state index in [2.05, 4.69) is 4.90 Å². The number of amides is 1. The molecule has 2 aliphatic heterocycles. The zero-order valence-corrected chi connectivity index (χ0v) is 17.7. The maximum atomic E-state index is 12.8. The number of carbonyl (C=O) groups is 1. The number of ether oxygens (including phenoxy) is 1. The van der Waals surface area contributed by atoms with Crippen LogP contribution in [0.15, 0.2) is 24.3 Å². The third-order valence-corrected chi connectivity index (χ3v) is 7.38. The van der Waals surface area contributed by atoms with Gasteiger partial charge in [0.2, 0.25) is 0 Å². The quantitative estimate of drug-likeness (QED) is 0.703. The molecular weight excluding hydrogens is 380 g/mol. The lowest BCUT2D eigenvalue weighted by Gasteiger charge is -2.39. The first-order chi connectivity index (χ1) is 13.3. The lowest BCUT2D eigenvalue weighted by atomic mass is 10.2. The Labute approximate surface area is 167 Å². The largest absolute Gasteiger partial charge is 0.481 e. The van der Waals surface area contributed by atoms with Crippen molar-refractivity contribution in [2.75, 3.05) is 59.4 Å². The molecule has 1 unspecified atom stereocenters.